The van der Waals surface area contributed by atoms with Crippen molar-refractivity contribution in [2.24, 2.45) is 0 Å². The van der Waals surface area contributed by atoms with Crippen molar-refractivity contribution in [3.63, 3.8) is 0 Å². The summed E-state index contributed by atoms with van der Waals surface area (Å²) < 4.78 is 14.2. The number of imidazole rings is 2. The maximum atomic E-state index is 13.0. The molecule has 0 bridgehead atoms. The first-order valence-corrected chi connectivity index (χ1v) is 13.9. The molecule has 0 saturated heterocycles. The SMILES string of the molecule is C#Cc1ccc2c(c1)C(=O)N(C)Cc1c(C(=O)OCCCOC(=O)c3ncn4c3CN(C)C(=O)c3cc(C#C)ccc3-4)ncn1-2.O. The monoisotopic (exact) mass is 620 g/mol. The summed E-state index contributed by atoms with van der Waals surface area (Å²) in [5.41, 5.74) is 4.21. The van der Waals surface area contributed by atoms with Crippen LogP contribution in [0.2, 0.25) is 0 Å². The molecule has 6 rings (SSSR count). The smallest absolute Gasteiger partial charge is 0.358 e. The normalized spacial score (nSPS) is 13.0. The summed E-state index contributed by atoms with van der Waals surface area (Å²) in [6, 6.07) is 10.1. The molecule has 13 heteroatoms. The highest BCUT2D eigenvalue weighted by atomic mass is 16.5. The van der Waals surface area contributed by atoms with Crippen LogP contribution in [-0.2, 0) is 22.6 Å². The number of fused-ring (bicyclic) bond motifs is 6. The van der Waals surface area contributed by atoms with Gasteiger partial charge < -0.3 is 24.7 Å². The summed E-state index contributed by atoms with van der Waals surface area (Å²) in [6.07, 6.45) is 14.2. The van der Waals surface area contributed by atoms with Crippen LogP contribution in [0.1, 0.15) is 70.6 Å². The minimum absolute atomic E-state index is 0. The Bertz CT molecular complexity index is 1850. The van der Waals surface area contributed by atoms with E-state index < -0.39 is 11.9 Å². The van der Waals surface area contributed by atoms with Gasteiger partial charge in [-0.05, 0) is 36.4 Å². The number of benzene rings is 2. The fourth-order valence-corrected chi connectivity index (χ4v) is 5.35. The maximum Gasteiger partial charge on any atom is 0.358 e. The Hall–Kier alpha value is -6.18. The van der Waals surface area contributed by atoms with Crippen molar-refractivity contribution in [1.29, 1.82) is 0 Å². The van der Waals surface area contributed by atoms with E-state index in [9.17, 15) is 19.2 Å². The third-order valence-corrected chi connectivity index (χ3v) is 7.65. The molecule has 232 valence electrons. The lowest BCUT2D eigenvalue weighted by Crippen LogP contribution is -2.26. The Balaban J connectivity index is 0.00000417. The Kier molecular flexibility index (Phi) is 8.45. The van der Waals surface area contributed by atoms with E-state index in [0.717, 1.165) is 0 Å². The van der Waals surface area contributed by atoms with Gasteiger partial charge in [-0.1, -0.05) is 11.8 Å². The van der Waals surface area contributed by atoms with Crippen LogP contribution in [0.25, 0.3) is 11.4 Å². The second kappa shape index (κ2) is 12.4. The van der Waals surface area contributed by atoms with E-state index in [1.165, 1.54) is 22.5 Å². The second-order valence-corrected chi connectivity index (χ2v) is 10.5. The zero-order valence-electron chi connectivity index (χ0n) is 24.9. The van der Waals surface area contributed by atoms with E-state index in [1.54, 1.807) is 59.6 Å². The van der Waals surface area contributed by atoms with E-state index in [0.29, 0.717) is 45.0 Å². The molecule has 2 aliphatic heterocycles. The predicted molar refractivity (Wildman–Crippen MR) is 163 cm³/mol. The first-order valence-electron chi connectivity index (χ1n) is 13.9. The molecule has 46 heavy (non-hydrogen) atoms. The largest absolute Gasteiger partial charge is 0.461 e. The molecule has 4 aromatic rings. The van der Waals surface area contributed by atoms with Crippen molar-refractivity contribution >= 4 is 23.8 Å². The van der Waals surface area contributed by atoms with Crippen molar-refractivity contribution in [2.45, 2.75) is 19.5 Å². The number of esters is 2. The van der Waals surface area contributed by atoms with Crippen molar-refractivity contribution < 1.29 is 34.1 Å². The zero-order chi connectivity index (χ0) is 31.8. The highest BCUT2D eigenvalue weighted by Crippen LogP contribution is 2.28. The van der Waals surface area contributed by atoms with Gasteiger partial charge in [-0.2, -0.15) is 0 Å². The number of ether oxygens (including phenoxy) is 2. The molecule has 0 unspecified atom stereocenters. The Morgan fingerprint density at radius 3 is 1.57 bits per heavy atom. The molecule has 2 aromatic heterocycles. The van der Waals surface area contributed by atoms with E-state index in [2.05, 4.69) is 21.8 Å². The Labute approximate surface area is 263 Å². The van der Waals surface area contributed by atoms with Gasteiger partial charge in [0.25, 0.3) is 11.8 Å². The highest BCUT2D eigenvalue weighted by molar-refractivity contribution is 6.00. The van der Waals surface area contributed by atoms with Crippen molar-refractivity contribution in [1.82, 2.24) is 28.9 Å². The molecule has 0 spiro atoms. The fraction of sp³-hybridized carbons (Fsp3) is 0.212. The molecule has 2 amide bonds. The van der Waals surface area contributed by atoms with E-state index in [1.807, 2.05) is 0 Å². The standard InChI is InChI=1S/C33H26N6O6.H2O/c1-5-20-8-10-24-22(14-20)30(40)36(3)16-26-28(34-18-38(24)26)32(42)44-12-7-13-45-33(43)29-27-17-37(4)31(41)23-15-21(6-2)9-11-25(23)39(27)19-35-29;/h1-2,8-11,14-15,18-19H,7,12-13,16-17H2,3-4H3;1H2. The average Bonchev–Trinajstić information content (AvgIpc) is 3.62. The van der Waals surface area contributed by atoms with Crippen LogP contribution < -0.4 is 0 Å². The molecule has 2 aromatic carbocycles. The first kappa shape index (κ1) is 31.3. The van der Waals surface area contributed by atoms with Gasteiger partial charge in [0.2, 0.25) is 0 Å². The second-order valence-electron chi connectivity index (χ2n) is 10.5. The number of carbonyl (C=O) groups excluding carboxylic acids is 4. The molecular formula is C33H28N6O7. The lowest BCUT2D eigenvalue weighted by Gasteiger charge is -2.15. The van der Waals surface area contributed by atoms with Crippen LogP contribution in [-0.4, -0.2) is 85.4 Å². The summed E-state index contributed by atoms with van der Waals surface area (Å²) in [6.45, 7) is 0.177. The number of nitrogens with zero attached hydrogens (tertiary/aromatic N) is 6. The van der Waals surface area contributed by atoms with Gasteiger partial charge >= 0.3 is 11.9 Å². The van der Waals surface area contributed by atoms with Crippen LogP contribution >= 0.6 is 0 Å². The van der Waals surface area contributed by atoms with Gasteiger partial charge in [-0.25, -0.2) is 19.6 Å². The Morgan fingerprint density at radius 2 is 1.17 bits per heavy atom. The molecule has 2 aliphatic rings. The number of rotatable bonds is 6. The van der Waals surface area contributed by atoms with Crippen molar-refractivity contribution in [2.75, 3.05) is 27.3 Å². The number of amides is 2. The van der Waals surface area contributed by atoms with Crippen molar-refractivity contribution in [3.8, 4) is 36.1 Å². The fourth-order valence-electron chi connectivity index (χ4n) is 5.35. The average molecular weight is 621 g/mol. The number of aromatic nitrogens is 4. The molecular weight excluding hydrogens is 592 g/mol. The van der Waals surface area contributed by atoms with Crippen molar-refractivity contribution in [3.05, 3.63) is 94.1 Å². The minimum Gasteiger partial charge on any atom is -0.461 e. The summed E-state index contributed by atoms with van der Waals surface area (Å²) in [4.78, 5) is 63.4. The number of terminal acetylenes is 2. The molecule has 0 atom stereocenters. The van der Waals surface area contributed by atoms with Gasteiger partial charge in [0.05, 0.1) is 60.2 Å². The van der Waals surface area contributed by atoms with Gasteiger partial charge in [0.15, 0.2) is 11.4 Å². The molecule has 0 radical (unpaired) electrons. The highest BCUT2D eigenvalue weighted by Gasteiger charge is 2.31. The van der Waals surface area contributed by atoms with Crippen LogP contribution in [0.15, 0.2) is 49.1 Å². The molecule has 4 heterocycles. The van der Waals surface area contributed by atoms with Gasteiger partial charge in [-0.3, -0.25) is 18.7 Å². The summed E-state index contributed by atoms with van der Waals surface area (Å²) in [5.74, 6) is 3.25. The first-order chi connectivity index (χ1) is 21.7. The van der Waals surface area contributed by atoms with Gasteiger partial charge in [-0.15, -0.1) is 12.8 Å². The van der Waals surface area contributed by atoms with E-state index in [-0.39, 0.29) is 61.4 Å². The number of hydrogen-bond acceptors (Lipinski definition) is 8. The van der Waals surface area contributed by atoms with E-state index in [4.69, 9.17) is 22.3 Å². The number of hydrogen-bond donors (Lipinski definition) is 0. The number of carbonyl (C=O) groups is 4. The predicted octanol–water partition coefficient (Wildman–Crippen LogP) is 1.77. The summed E-state index contributed by atoms with van der Waals surface area (Å²) >= 11 is 0. The molecule has 13 nitrogen and oxygen atoms in total. The third kappa shape index (κ3) is 5.36. The summed E-state index contributed by atoms with van der Waals surface area (Å²) in [7, 11) is 3.26. The molecule has 0 saturated carbocycles. The summed E-state index contributed by atoms with van der Waals surface area (Å²) in [5, 5.41) is 0. The lowest BCUT2D eigenvalue weighted by molar-refractivity contribution is 0.0385. The van der Waals surface area contributed by atoms with Crippen LogP contribution in [0.5, 0.6) is 0 Å². The lowest BCUT2D eigenvalue weighted by atomic mass is 10.1. The van der Waals surface area contributed by atoms with E-state index >= 15 is 0 Å². The quantitative estimate of drug-likeness (QED) is 0.179. The molecule has 0 aliphatic carbocycles. The third-order valence-electron chi connectivity index (χ3n) is 7.65. The maximum absolute atomic E-state index is 13.0. The van der Waals surface area contributed by atoms with Crippen LogP contribution in [0, 0.1) is 24.7 Å². The Morgan fingerprint density at radius 1 is 0.761 bits per heavy atom. The molecule has 2 N–H and O–H groups in total. The van der Waals surface area contributed by atoms with Crippen LogP contribution in [0.4, 0.5) is 0 Å². The van der Waals surface area contributed by atoms with Gasteiger partial charge in [0.1, 0.15) is 12.7 Å². The topological polar surface area (TPSA) is 160 Å². The minimum atomic E-state index is -0.668. The zero-order valence-corrected chi connectivity index (χ0v) is 24.9. The molecule has 0 fully saturated rings. The van der Waals surface area contributed by atoms with Gasteiger partial charge in [0, 0.05) is 31.6 Å². The van der Waals surface area contributed by atoms with Crippen LogP contribution in [0.3, 0.4) is 0 Å².